The van der Waals surface area contributed by atoms with Crippen LogP contribution in [0.2, 0.25) is 0 Å². The molecule has 1 unspecified atom stereocenters. The molecule has 0 saturated heterocycles. The van der Waals surface area contributed by atoms with E-state index in [0.29, 0.717) is 12.1 Å². The fourth-order valence-electron chi connectivity index (χ4n) is 2.11. The summed E-state index contributed by atoms with van der Waals surface area (Å²) in [5.41, 5.74) is 1.79. The van der Waals surface area contributed by atoms with Gasteiger partial charge in [0.1, 0.15) is 11.5 Å². The molecule has 0 saturated carbocycles. The molecule has 0 radical (unpaired) electrons. The highest BCUT2D eigenvalue weighted by Gasteiger charge is 2.14. The van der Waals surface area contributed by atoms with Crippen molar-refractivity contribution in [3.05, 3.63) is 63.1 Å². The normalized spacial score (nSPS) is 12.3. The van der Waals surface area contributed by atoms with Gasteiger partial charge in [-0.25, -0.2) is 0 Å². The second-order valence-electron chi connectivity index (χ2n) is 4.87. The molecule has 106 valence electrons. The van der Waals surface area contributed by atoms with Crippen LogP contribution in [0.1, 0.15) is 35.6 Å². The van der Waals surface area contributed by atoms with Crippen molar-refractivity contribution in [2.24, 2.45) is 0 Å². The summed E-state index contributed by atoms with van der Waals surface area (Å²) < 4.78 is 5.56. The maximum atomic E-state index is 10.9. The van der Waals surface area contributed by atoms with Crippen LogP contribution < -0.4 is 5.32 Å². The number of benzene rings is 1. The minimum absolute atomic E-state index is 0.0577. The van der Waals surface area contributed by atoms with E-state index >= 15 is 0 Å². The van der Waals surface area contributed by atoms with Gasteiger partial charge in [0.05, 0.1) is 11.0 Å². The quantitative estimate of drug-likeness (QED) is 0.667. The van der Waals surface area contributed by atoms with Gasteiger partial charge in [-0.1, -0.05) is 12.1 Å². The fourth-order valence-corrected chi connectivity index (χ4v) is 2.11. The Labute approximate surface area is 117 Å². The second-order valence-corrected chi connectivity index (χ2v) is 4.87. The topological polar surface area (TPSA) is 68.3 Å². The smallest absolute Gasteiger partial charge is 0.272 e. The van der Waals surface area contributed by atoms with Crippen LogP contribution in [-0.4, -0.2) is 4.92 Å². The van der Waals surface area contributed by atoms with Gasteiger partial charge < -0.3 is 9.73 Å². The molecule has 2 rings (SSSR count). The molecule has 1 N–H and O–H groups in total. The molecule has 0 aliphatic heterocycles. The maximum Gasteiger partial charge on any atom is 0.272 e. The van der Waals surface area contributed by atoms with Crippen LogP contribution in [0, 0.1) is 24.0 Å². The zero-order valence-corrected chi connectivity index (χ0v) is 11.8. The summed E-state index contributed by atoms with van der Waals surface area (Å²) in [5, 5.41) is 14.2. The number of hydrogen-bond donors (Lipinski definition) is 1. The van der Waals surface area contributed by atoms with E-state index in [0.717, 1.165) is 17.1 Å². The highest BCUT2D eigenvalue weighted by Crippen LogP contribution is 2.22. The Morgan fingerprint density at radius 3 is 2.65 bits per heavy atom. The molecule has 0 amide bonds. The van der Waals surface area contributed by atoms with E-state index in [9.17, 15) is 10.1 Å². The lowest BCUT2D eigenvalue weighted by Gasteiger charge is -2.13. The van der Waals surface area contributed by atoms with Gasteiger partial charge in [-0.15, -0.1) is 0 Å². The molecule has 0 fully saturated rings. The minimum atomic E-state index is -0.349. The highest BCUT2D eigenvalue weighted by molar-refractivity contribution is 5.44. The highest BCUT2D eigenvalue weighted by atomic mass is 16.6. The Hall–Kier alpha value is -2.14. The van der Waals surface area contributed by atoms with Crippen LogP contribution >= 0.6 is 0 Å². The second kappa shape index (κ2) is 5.88. The van der Waals surface area contributed by atoms with E-state index in [1.807, 2.05) is 32.0 Å². The fraction of sp³-hybridized carbons (Fsp3) is 0.333. The van der Waals surface area contributed by atoms with Crippen molar-refractivity contribution in [3.8, 4) is 0 Å². The summed E-state index contributed by atoms with van der Waals surface area (Å²) in [6.45, 7) is 6.25. The Kier molecular flexibility index (Phi) is 4.20. The summed E-state index contributed by atoms with van der Waals surface area (Å²) in [4.78, 5) is 10.6. The molecule has 0 spiro atoms. The molecule has 0 aliphatic rings. The summed E-state index contributed by atoms with van der Waals surface area (Å²) in [6.07, 6.45) is 0. The van der Waals surface area contributed by atoms with Crippen LogP contribution in [0.15, 0.2) is 34.7 Å². The lowest BCUT2D eigenvalue weighted by atomic mass is 10.1. The molecule has 5 nitrogen and oxygen atoms in total. The van der Waals surface area contributed by atoms with Crippen molar-refractivity contribution in [1.29, 1.82) is 0 Å². The van der Waals surface area contributed by atoms with Crippen molar-refractivity contribution in [3.63, 3.8) is 0 Å². The van der Waals surface area contributed by atoms with Gasteiger partial charge in [-0.05, 0) is 38.5 Å². The van der Waals surface area contributed by atoms with E-state index in [1.165, 1.54) is 6.07 Å². The first-order chi connectivity index (χ1) is 9.49. The monoisotopic (exact) mass is 274 g/mol. The Morgan fingerprint density at radius 2 is 2.05 bits per heavy atom. The molecule has 5 heteroatoms. The predicted molar refractivity (Wildman–Crippen MR) is 76.5 cm³/mol. The Bertz CT molecular complexity index is 619. The molecule has 1 aromatic carbocycles. The van der Waals surface area contributed by atoms with Gasteiger partial charge >= 0.3 is 0 Å². The number of nitro groups is 1. The van der Waals surface area contributed by atoms with Crippen LogP contribution in [-0.2, 0) is 6.54 Å². The summed E-state index contributed by atoms with van der Waals surface area (Å²) in [6, 6.07) is 9.05. The average Bonchev–Trinajstić information content (AvgIpc) is 2.83. The van der Waals surface area contributed by atoms with Crippen LogP contribution in [0.3, 0.4) is 0 Å². The van der Waals surface area contributed by atoms with Crippen LogP contribution in [0.5, 0.6) is 0 Å². The molecule has 1 aromatic heterocycles. The van der Waals surface area contributed by atoms with Crippen molar-refractivity contribution >= 4 is 5.69 Å². The molecule has 2 aromatic rings. The lowest BCUT2D eigenvalue weighted by Crippen LogP contribution is -2.18. The molecular formula is C15H18N2O3. The molecule has 20 heavy (non-hydrogen) atoms. The van der Waals surface area contributed by atoms with E-state index in [4.69, 9.17) is 4.42 Å². The van der Waals surface area contributed by atoms with Gasteiger partial charge in [-0.2, -0.15) is 0 Å². The molecule has 1 heterocycles. The molecular weight excluding hydrogens is 256 g/mol. The van der Waals surface area contributed by atoms with Crippen LogP contribution in [0.4, 0.5) is 5.69 Å². The zero-order chi connectivity index (χ0) is 14.7. The number of aryl methyl sites for hydroxylation is 1. The van der Waals surface area contributed by atoms with E-state index in [1.54, 1.807) is 13.0 Å². The Balaban J connectivity index is 2.08. The predicted octanol–water partition coefficient (Wildman–Crippen LogP) is 3.66. The first-order valence-corrected chi connectivity index (χ1v) is 6.51. The number of rotatable bonds is 5. The van der Waals surface area contributed by atoms with Gasteiger partial charge in [0.25, 0.3) is 5.69 Å². The third-order valence-electron chi connectivity index (χ3n) is 3.40. The molecule has 0 aliphatic carbocycles. The number of hydrogen-bond acceptors (Lipinski definition) is 4. The third-order valence-corrected chi connectivity index (χ3v) is 3.40. The third kappa shape index (κ3) is 3.05. The number of nitrogens with one attached hydrogen (secondary N) is 1. The Morgan fingerprint density at radius 1 is 1.30 bits per heavy atom. The largest absolute Gasteiger partial charge is 0.465 e. The number of nitro benzene ring substituents is 1. The molecule has 0 bridgehead atoms. The number of furan rings is 1. The van der Waals surface area contributed by atoms with Crippen LogP contribution in [0.25, 0.3) is 0 Å². The van der Waals surface area contributed by atoms with Gasteiger partial charge in [0.15, 0.2) is 0 Å². The van der Waals surface area contributed by atoms with E-state index in [2.05, 4.69) is 5.32 Å². The SMILES string of the molecule is Cc1ccc(C(C)NCc2cccc([N+](=O)[O-])c2C)o1. The summed E-state index contributed by atoms with van der Waals surface area (Å²) in [7, 11) is 0. The summed E-state index contributed by atoms with van der Waals surface area (Å²) in [5.74, 6) is 1.74. The van der Waals surface area contributed by atoms with E-state index in [-0.39, 0.29) is 16.7 Å². The minimum Gasteiger partial charge on any atom is -0.465 e. The number of nitrogens with zero attached hydrogens (tertiary/aromatic N) is 1. The standard InChI is InChI=1S/C15H18N2O3/c1-10-7-8-15(20-10)12(3)16-9-13-5-4-6-14(11(13)2)17(18)19/h4-8,12,16H,9H2,1-3H3. The first-order valence-electron chi connectivity index (χ1n) is 6.51. The first kappa shape index (κ1) is 14.3. The van der Waals surface area contributed by atoms with Crippen molar-refractivity contribution in [2.45, 2.75) is 33.4 Å². The van der Waals surface area contributed by atoms with Gasteiger partial charge in [0.2, 0.25) is 0 Å². The average molecular weight is 274 g/mol. The van der Waals surface area contributed by atoms with Crippen molar-refractivity contribution < 1.29 is 9.34 Å². The lowest BCUT2D eigenvalue weighted by molar-refractivity contribution is -0.385. The zero-order valence-electron chi connectivity index (χ0n) is 11.8. The maximum absolute atomic E-state index is 10.9. The van der Waals surface area contributed by atoms with Crippen molar-refractivity contribution in [2.75, 3.05) is 0 Å². The van der Waals surface area contributed by atoms with Crippen molar-refractivity contribution in [1.82, 2.24) is 5.32 Å². The van der Waals surface area contributed by atoms with E-state index < -0.39 is 0 Å². The van der Waals surface area contributed by atoms with Gasteiger partial charge in [0, 0.05) is 18.2 Å². The molecule has 1 atom stereocenters. The summed E-state index contributed by atoms with van der Waals surface area (Å²) >= 11 is 0. The van der Waals surface area contributed by atoms with Gasteiger partial charge in [-0.3, -0.25) is 10.1 Å².